The highest BCUT2D eigenvalue weighted by Crippen LogP contribution is 2.47. The summed E-state index contributed by atoms with van der Waals surface area (Å²) in [7, 11) is 0. The number of hydrogen-bond donors (Lipinski definition) is 1. The third-order valence-electron chi connectivity index (χ3n) is 4.93. The van der Waals surface area contributed by atoms with Crippen molar-refractivity contribution in [2.45, 2.75) is 46.6 Å². The van der Waals surface area contributed by atoms with Crippen molar-refractivity contribution in [1.29, 1.82) is 5.26 Å². The van der Waals surface area contributed by atoms with Crippen LogP contribution in [0.3, 0.4) is 0 Å². The van der Waals surface area contributed by atoms with Gasteiger partial charge in [0.25, 0.3) is 0 Å². The van der Waals surface area contributed by atoms with Crippen molar-refractivity contribution in [1.82, 2.24) is 4.90 Å². The number of allylic oxidation sites excluding steroid dienone is 2. The zero-order valence-electron chi connectivity index (χ0n) is 18.8. The van der Waals surface area contributed by atoms with Crippen LogP contribution < -0.4 is 15.2 Å². The molecule has 0 radical (unpaired) electrons. The Morgan fingerprint density at radius 2 is 1.91 bits per heavy atom. The van der Waals surface area contributed by atoms with E-state index in [9.17, 15) is 10.1 Å². The third kappa shape index (κ3) is 4.41. The summed E-state index contributed by atoms with van der Waals surface area (Å²) in [5.74, 6) is 1.02. The molecule has 2 aliphatic heterocycles. The summed E-state index contributed by atoms with van der Waals surface area (Å²) in [5, 5.41) is 10.1. The molecule has 2 aliphatic rings. The minimum Gasteiger partial charge on any atom is -0.490 e. The van der Waals surface area contributed by atoms with Gasteiger partial charge in [-0.05, 0) is 56.7 Å². The predicted molar refractivity (Wildman–Crippen MR) is 124 cm³/mol. The van der Waals surface area contributed by atoms with Crippen LogP contribution in [0, 0.1) is 11.3 Å². The van der Waals surface area contributed by atoms with Crippen LogP contribution in [0.5, 0.6) is 11.5 Å². The topological polar surface area (TPSA) is 110 Å². The van der Waals surface area contributed by atoms with Crippen molar-refractivity contribution >= 4 is 22.9 Å². The van der Waals surface area contributed by atoms with Crippen molar-refractivity contribution < 1.29 is 19.0 Å². The van der Waals surface area contributed by atoms with Crippen LogP contribution in [0.1, 0.15) is 52.1 Å². The smallest absolute Gasteiger partial charge is 0.338 e. The Bertz CT molecular complexity index is 1030. The summed E-state index contributed by atoms with van der Waals surface area (Å²) in [5.41, 5.74) is 8.19. The standard InChI is InChI=1S/C23H28N4O4S/c1-5-9-15-19(22(28)31-8-4)20(27-21(25)18(13-24)32-23(27)26-15)14-10-11-16(29-6-2)17(12-14)30-7-3/h10-12,20H,5-9,25H2,1-4H3/t20-/m1/s1. The first kappa shape index (κ1) is 23.5. The number of nitrogens with two attached hydrogens (primary N) is 1. The van der Waals surface area contributed by atoms with Crippen LogP contribution in [-0.2, 0) is 9.53 Å². The molecule has 1 atom stereocenters. The number of nitriles is 1. The lowest BCUT2D eigenvalue weighted by Gasteiger charge is -2.35. The maximum Gasteiger partial charge on any atom is 0.338 e. The van der Waals surface area contributed by atoms with Gasteiger partial charge in [0.15, 0.2) is 16.7 Å². The monoisotopic (exact) mass is 456 g/mol. The van der Waals surface area contributed by atoms with E-state index < -0.39 is 12.0 Å². The van der Waals surface area contributed by atoms with Crippen LogP contribution in [0.2, 0.25) is 0 Å². The molecule has 0 spiro atoms. The van der Waals surface area contributed by atoms with E-state index >= 15 is 0 Å². The number of rotatable bonds is 9. The quantitative estimate of drug-likeness (QED) is 0.550. The van der Waals surface area contributed by atoms with E-state index in [0.717, 1.165) is 12.0 Å². The van der Waals surface area contributed by atoms with Gasteiger partial charge in [-0.2, -0.15) is 5.26 Å². The predicted octanol–water partition coefficient (Wildman–Crippen LogP) is 4.21. The number of thioether (sulfide) groups is 1. The number of benzene rings is 1. The van der Waals surface area contributed by atoms with E-state index in [1.54, 1.807) is 11.8 Å². The van der Waals surface area contributed by atoms with Crippen molar-refractivity contribution in [2.75, 3.05) is 19.8 Å². The molecule has 3 rings (SSSR count). The molecule has 2 heterocycles. The van der Waals surface area contributed by atoms with Crippen LogP contribution in [0.4, 0.5) is 0 Å². The van der Waals surface area contributed by atoms with Gasteiger partial charge in [0.2, 0.25) is 0 Å². The van der Waals surface area contributed by atoms with Crippen molar-refractivity contribution in [2.24, 2.45) is 10.7 Å². The first-order chi connectivity index (χ1) is 15.5. The Kier molecular flexibility index (Phi) is 7.70. The largest absolute Gasteiger partial charge is 0.490 e. The van der Waals surface area contributed by atoms with Gasteiger partial charge in [-0.3, -0.25) is 4.90 Å². The maximum atomic E-state index is 13.1. The van der Waals surface area contributed by atoms with Gasteiger partial charge in [-0.1, -0.05) is 19.4 Å². The second-order valence-corrected chi connectivity index (χ2v) is 7.98. The summed E-state index contributed by atoms with van der Waals surface area (Å²) >= 11 is 1.21. The van der Waals surface area contributed by atoms with E-state index in [2.05, 4.69) is 6.07 Å². The van der Waals surface area contributed by atoms with Crippen molar-refractivity contribution in [3.05, 3.63) is 45.8 Å². The molecule has 0 saturated carbocycles. The molecule has 0 amide bonds. The molecule has 9 heteroatoms. The second kappa shape index (κ2) is 10.5. The van der Waals surface area contributed by atoms with Gasteiger partial charge in [0.1, 0.15) is 16.8 Å². The lowest BCUT2D eigenvalue weighted by Crippen LogP contribution is -2.39. The number of aliphatic imine (C=N–C) groups is 1. The Balaban J connectivity index is 2.23. The summed E-state index contributed by atoms with van der Waals surface area (Å²) in [6.07, 6.45) is 1.40. The number of carbonyl (C=O) groups is 1. The number of hydrogen-bond acceptors (Lipinski definition) is 9. The molecule has 0 saturated heterocycles. The molecule has 32 heavy (non-hydrogen) atoms. The minimum absolute atomic E-state index is 0.238. The SMILES string of the molecule is CCCC1=C(C(=O)OCC)[C@@H](c2ccc(OCC)c(OCC)c2)N2C(=N1)SC(C#N)=C2N. The Morgan fingerprint density at radius 1 is 1.19 bits per heavy atom. The Hall–Kier alpha value is -3.12. The fourth-order valence-corrected chi connectivity index (χ4v) is 4.58. The normalized spacial score (nSPS) is 17.7. The molecular weight excluding hydrogens is 428 g/mol. The molecule has 0 unspecified atom stereocenters. The van der Waals surface area contributed by atoms with Gasteiger partial charge in [0.05, 0.1) is 37.1 Å². The van der Waals surface area contributed by atoms with Gasteiger partial charge in [0, 0.05) is 0 Å². The van der Waals surface area contributed by atoms with Gasteiger partial charge in [-0.25, -0.2) is 9.79 Å². The summed E-state index contributed by atoms with van der Waals surface area (Å²) in [6.45, 7) is 8.79. The second-order valence-electron chi connectivity index (χ2n) is 7.00. The van der Waals surface area contributed by atoms with Crippen LogP contribution in [0.15, 0.2) is 45.2 Å². The molecular formula is C23H28N4O4S. The highest BCUT2D eigenvalue weighted by atomic mass is 32.2. The van der Waals surface area contributed by atoms with E-state index in [-0.39, 0.29) is 12.4 Å². The van der Waals surface area contributed by atoms with Crippen molar-refractivity contribution in [3.63, 3.8) is 0 Å². The lowest BCUT2D eigenvalue weighted by molar-refractivity contribution is -0.139. The number of nitrogens with zero attached hydrogens (tertiary/aromatic N) is 3. The fraction of sp³-hybridized carbons (Fsp3) is 0.435. The van der Waals surface area contributed by atoms with Crippen LogP contribution in [0.25, 0.3) is 0 Å². The Labute approximate surface area is 192 Å². The van der Waals surface area contributed by atoms with Crippen molar-refractivity contribution in [3.8, 4) is 17.6 Å². The number of ether oxygens (including phenoxy) is 3. The van der Waals surface area contributed by atoms with Gasteiger partial charge >= 0.3 is 5.97 Å². The molecule has 8 nitrogen and oxygen atoms in total. The molecule has 0 aliphatic carbocycles. The Morgan fingerprint density at radius 3 is 2.53 bits per heavy atom. The molecule has 1 aromatic rings. The number of esters is 1. The number of carbonyl (C=O) groups excluding carboxylic acids is 1. The highest BCUT2D eigenvalue weighted by Gasteiger charge is 2.43. The summed E-state index contributed by atoms with van der Waals surface area (Å²) in [6, 6.07) is 7.09. The number of amidine groups is 1. The first-order valence-electron chi connectivity index (χ1n) is 10.8. The highest BCUT2D eigenvalue weighted by molar-refractivity contribution is 8.17. The van der Waals surface area contributed by atoms with E-state index in [1.165, 1.54) is 11.8 Å². The van der Waals surface area contributed by atoms with Gasteiger partial charge < -0.3 is 19.9 Å². The molecule has 0 bridgehead atoms. The van der Waals surface area contributed by atoms with E-state index in [1.807, 2.05) is 39.0 Å². The molecule has 1 aromatic carbocycles. The van der Waals surface area contributed by atoms with Crippen LogP contribution >= 0.6 is 11.8 Å². The minimum atomic E-state index is -0.601. The lowest BCUT2D eigenvalue weighted by atomic mass is 9.92. The zero-order chi connectivity index (χ0) is 23.3. The molecule has 170 valence electrons. The average Bonchev–Trinajstić information content (AvgIpc) is 3.10. The average molecular weight is 457 g/mol. The number of fused-ring (bicyclic) bond motifs is 1. The van der Waals surface area contributed by atoms with Crippen LogP contribution in [-0.4, -0.2) is 35.9 Å². The zero-order valence-corrected chi connectivity index (χ0v) is 19.6. The summed E-state index contributed by atoms with van der Waals surface area (Å²) < 4.78 is 16.9. The fourth-order valence-electron chi connectivity index (χ4n) is 3.69. The maximum absolute atomic E-state index is 13.1. The van der Waals surface area contributed by atoms with Gasteiger partial charge in [-0.15, -0.1) is 0 Å². The van der Waals surface area contributed by atoms with E-state index in [4.69, 9.17) is 24.9 Å². The van der Waals surface area contributed by atoms with E-state index in [0.29, 0.717) is 52.5 Å². The first-order valence-corrected chi connectivity index (χ1v) is 11.6. The molecule has 0 aromatic heterocycles. The summed E-state index contributed by atoms with van der Waals surface area (Å²) in [4.78, 5) is 19.9. The molecule has 2 N–H and O–H groups in total. The molecule has 0 fully saturated rings. The third-order valence-corrected chi connectivity index (χ3v) is 5.91.